The summed E-state index contributed by atoms with van der Waals surface area (Å²) >= 11 is 0. The first kappa shape index (κ1) is 16.3. The first-order valence-corrected chi connectivity index (χ1v) is 8.95. The third kappa shape index (κ3) is 3.42. The van der Waals surface area contributed by atoms with Crippen LogP contribution in [0.2, 0.25) is 0 Å². The summed E-state index contributed by atoms with van der Waals surface area (Å²) < 4.78 is 0. The lowest BCUT2D eigenvalue weighted by molar-refractivity contribution is 1.14. The van der Waals surface area contributed by atoms with Crippen molar-refractivity contribution in [3.63, 3.8) is 0 Å². The molecule has 0 spiro atoms. The van der Waals surface area contributed by atoms with E-state index < -0.39 is 0 Å². The Morgan fingerprint density at radius 3 is 2.27 bits per heavy atom. The van der Waals surface area contributed by atoms with Gasteiger partial charge in [-0.05, 0) is 59.2 Å². The van der Waals surface area contributed by atoms with Gasteiger partial charge in [-0.2, -0.15) is 0 Å². The largest absolute Gasteiger partial charge is 0.340 e. The molecule has 0 fully saturated rings. The predicted molar refractivity (Wildman–Crippen MR) is 108 cm³/mol. The molecule has 0 atom stereocenters. The number of benzene rings is 2. The Bertz CT molecular complexity index is 1010. The highest BCUT2D eigenvalue weighted by molar-refractivity contribution is 5.95. The minimum Gasteiger partial charge on any atom is -0.340 e. The van der Waals surface area contributed by atoms with Crippen LogP contribution >= 0.6 is 0 Å². The lowest BCUT2D eigenvalue weighted by atomic mass is 10.0. The number of fused-ring (bicyclic) bond motifs is 1. The molecule has 1 N–H and O–H groups in total. The Labute approximate surface area is 153 Å². The van der Waals surface area contributed by atoms with Crippen LogP contribution in [0.15, 0.2) is 79.3 Å². The molecule has 4 rings (SSSR count). The van der Waals surface area contributed by atoms with Crippen molar-refractivity contribution in [1.29, 1.82) is 0 Å². The van der Waals surface area contributed by atoms with E-state index in [-0.39, 0.29) is 0 Å². The highest BCUT2D eigenvalue weighted by atomic mass is 15.0. The molecule has 0 radical (unpaired) electrons. The number of aryl methyl sites for hydroxylation is 1. The Kier molecular flexibility index (Phi) is 4.61. The van der Waals surface area contributed by atoms with E-state index in [9.17, 15) is 0 Å². The topological polar surface area (TPSA) is 37.8 Å². The molecule has 0 aliphatic rings. The van der Waals surface area contributed by atoms with E-state index in [1.165, 1.54) is 22.1 Å². The molecular formula is C23H21N3. The molecule has 0 amide bonds. The maximum Gasteiger partial charge on any atom is 0.138 e. The molecule has 0 bridgehead atoms. The third-order valence-electron chi connectivity index (χ3n) is 4.65. The van der Waals surface area contributed by atoms with E-state index in [1.54, 1.807) is 0 Å². The van der Waals surface area contributed by atoms with Crippen LogP contribution in [0.3, 0.4) is 0 Å². The van der Waals surface area contributed by atoms with Crippen LogP contribution in [-0.2, 0) is 12.8 Å². The quantitative estimate of drug-likeness (QED) is 0.520. The van der Waals surface area contributed by atoms with Crippen molar-refractivity contribution in [3.8, 4) is 0 Å². The van der Waals surface area contributed by atoms with Gasteiger partial charge in [0.1, 0.15) is 5.82 Å². The SMILES string of the molecule is CCc1ccc(Nc2ncc(Cc3ccncc3)c3ccccc23)cc1. The summed E-state index contributed by atoms with van der Waals surface area (Å²) in [7, 11) is 0. The fourth-order valence-corrected chi connectivity index (χ4v) is 3.17. The van der Waals surface area contributed by atoms with Gasteiger partial charge in [0, 0.05) is 29.7 Å². The summed E-state index contributed by atoms with van der Waals surface area (Å²) in [6, 6.07) is 21.1. The van der Waals surface area contributed by atoms with Gasteiger partial charge in [0.25, 0.3) is 0 Å². The van der Waals surface area contributed by atoms with Crippen molar-refractivity contribution < 1.29 is 0 Å². The van der Waals surface area contributed by atoms with Gasteiger partial charge in [-0.3, -0.25) is 4.98 Å². The Morgan fingerprint density at radius 2 is 1.54 bits per heavy atom. The zero-order valence-electron chi connectivity index (χ0n) is 14.8. The van der Waals surface area contributed by atoms with Gasteiger partial charge in [-0.1, -0.05) is 43.3 Å². The summed E-state index contributed by atoms with van der Waals surface area (Å²) in [5.74, 6) is 0.892. The first-order valence-electron chi connectivity index (χ1n) is 8.95. The summed E-state index contributed by atoms with van der Waals surface area (Å²) in [6.07, 6.45) is 7.54. The highest BCUT2D eigenvalue weighted by Crippen LogP contribution is 2.28. The van der Waals surface area contributed by atoms with E-state index in [1.807, 2.05) is 18.6 Å². The van der Waals surface area contributed by atoms with Crippen molar-refractivity contribution in [2.45, 2.75) is 19.8 Å². The van der Waals surface area contributed by atoms with Crippen LogP contribution in [0.1, 0.15) is 23.6 Å². The van der Waals surface area contributed by atoms with Gasteiger partial charge < -0.3 is 5.32 Å². The smallest absolute Gasteiger partial charge is 0.138 e. The van der Waals surface area contributed by atoms with Gasteiger partial charge >= 0.3 is 0 Å². The van der Waals surface area contributed by atoms with Crippen LogP contribution in [0.25, 0.3) is 10.8 Å². The third-order valence-corrected chi connectivity index (χ3v) is 4.65. The normalized spacial score (nSPS) is 10.8. The van der Waals surface area contributed by atoms with Crippen LogP contribution in [0.5, 0.6) is 0 Å². The number of anilines is 2. The predicted octanol–water partition coefficient (Wildman–Crippen LogP) is 5.53. The number of pyridine rings is 2. The van der Waals surface area contributed by atoms with Gasteiger partial charge in [-0.15, -0.1) is 0 Å². The molecule has 26 heavy (non-hydrogen) atoms. The van der Waals surface area contributed by atoms with Gasteiger partial charge in [0.05, 0.1) is 0 Å². The monoisotopic (exact) mass is 339 g/mol. The lowest BCUT2D eigenvalue weighted by Crippen LogP contribution is -1.98. The summed E-state index contributed by atoms with van der Waals surface area (Å²) in [6.45, 7) is 2.17. The molecule has 0 aliphatic heterocycles. The van der Waals surface area contributed by atoms with Gasteiger partial charge in [-0.25, -0.2) is 4.98 Å². The summed E-state index contributed by atoms with van der Waals surface area (Å²) in [4.78, 5) is 8.81. The van der Waals surface area contributed by atoms with Crippen LogP contribution in [-0.4, -0.2) is 9.97 Å². The van der Waals surface area contributed by atoms with Crippen LogP contribution in [0, 0.1) is 0 Å². The zero-order chi connectivity index (χ0) is 17.8. The molecule has 2 aromatic carbocycles. The molecular weight excluding hydrogens is 318 g/mol. The summed E-state index contributed by atoms with van der Waals surface area (Å²) in [5.41, 5.74) is 4.85. The molecule has 0 aliphatic carbocycles. The van der Waals surface area contributed by atoms with Crippen LogP contribution in [0.4, 0.5) is 11.5 Å². The van der Waals surface area contributed by atoms with E-state index in [2.05, 4.69) is 77.9 Å². The van der Waals surface area contributed by atoms with E-state index in [4.69, 9.17) is 4.98 Å². The average Bonchev–Trinajstić information content (AvgIpc) is 2.71. The molecule has 0 saturated carbocycles. The fourth-order valence-electron chi connectivity index (χ4n) is 3.17. The molecule has 0 unspecified atom stereocenters. The van der Waals surface area contributed by atoms with Crippen molar-refractivity contribution >= 4 is 22.3 Å². The van der Waals surface area contributed by atoms with E-state index in [0.29, 0.717) is 0 Å². The number of nitrogens with one attached hydrogen (secondary N) is 1. The number of aromatic nitrogens is 2. The van der Waals surface area contributed by atoms with Gasteiger partial charge in [0.2, 0.25) is 0 Å². The minimum absolute atomic E-state index is 0.849. The van der Waals surface area contributed by atoms with Crippen molar-refractivity contribution in [2.75, 3.05) is 5.32 Å². The molecule has 3 nitrogen and oxygen atoms in total. The Balaban J connectivity index is 1.69. The Morgan fingerprint density at radius 1 is 0.808 bits per heavy atom. The molecule has 128 valence electrons. The number of nitrogens with zero attached hydrogens (tertiary/aromatic N) is 2. The van der Waals surface area contributed by atoms with Crippen LogP contribution < -0.4 is 5.32 Å². The molecule has 2 aromatic heterocycles. The van der Waals surface area contributed by atoms with Crippen molar-refractivity contribution in [3.05, 3.63) is 95.9 Å². The second kappa shape index (κ2) is 7.36. The summed E-state index contributed by atoms with van der Waals surface area (Å²) in [5, 5.41) is 5.83. The number of hydrogen-bond donors (Lipinski definition) is 1. The lowest BCUT2D eigenvalue weighted by Gasteiger charge is -2.12. The van der Waals surface area contributed by atoms with Gasteiger partial charge in [0.15, 0.2) is 0 Å². The molecule has 2 heterocycles. The second-order valence-electron chi connectivity index (χ2n) is 6.39. The molecule has 0 saturated heterocycles. The minimum atomic E-state index is 0.849. The molecule has 3 heteroatoms. The fraction of sp³-hybridized carbons (Fsp3) is 0.130. The Hall–Kier alpha value is -3.20. The van der Waals surface area contributed by atoms with E-state index >= 15 is 0 Å². The zero-order valence-corrected chi connectivity index (χ0v) is 14.8. The maximum atomic E-state index is 4.71. The van der Waals surface area contributed by atoms with Crippen molar-refractivity contribution in [1.82, 2.24) is 9.97 Å². The average molecular weight is 339 g/mol. The standard InChI is InChI=1S/C23H21N3/c1-2-17-7-9-20(10-8-17)26-23-22-6-4-3-5-21(22)19(16-25-23)15-18-11-13-24-14-12-18/h3-14,16H,2,15H2,1H3,(H,25,26). The van der Waals surface area contributed by atoms with Crippen molar-refractivity contribution in [2.24, 2.45) is 0 Å². The second-order valence-corrected chi connectivity index (χ2v) is 6.39. The number of rotatable bonds is 5. The maximum absolute atomic E-state index is 4.71. The number of hydrogen-bond acceptors (Lipinski definition) is 3. The molecule has 4 aromatic rings. The highest BCUT2D eigenvalue weighted by Gasteiger charge is 2.08. The first-order chi connectivity index (χ1) is 12.8. The van der Waals surface area contributed by atoms with E-state index in [0.717, 1.165) is 29.7 Å².